The van der Waals surface area contributed by atoms with Crippen LogP contribution in [0.4, 0.5) is 0 Å². The Labute approximate surface area is 153 Å². The van der Waals surface area contributed by atoms with E-state index in [0.29, 0.717) is 23.0 Å². The number of likely N-dealkylation sites (tertiary alicyclic amines) is 1. The molecule has 0 aromatic heterocycles. The normalized spacial score (nSPS) is 21.0. The van der Waals surface area contributed by atoms with Gasteiger partial charge in [0.15, 0.2) is 11.5 Å². The summed E-state index contributed by atoms with van der Waals surface area (Å²) < 4.78 is 16.5. The van der Waals surface area contributed by atoms with Gasteiger partial charge in [0.1, 0.15) is 5.37 Å². The number of carbonyl (C=O) groups is 1. The molecule has 2 aliphatic heterocycles. The van der Waals surface area contributed by atoms with Crippen LogP contribution < -0.4 is 14.2 Å². The van der Waals surface area contributed by atoms with Crippen LogP contribution in [0.1, 0.15) is 23.8 Å². The van der Waals surface area contributed by atoms with E-state index in [1.807, 2.05) is 17.0 Å². The predicted molar refractivity (Wildman–Crippen MR) is 98.7 cm³/mol. The molecule has 1 aromatic rings. The van der Waals surface area contributed by atoms with Gasteiger partial charge in [-0.3, -0.25) is 4.79 Å². The van der Waals surface area contributed by atoms with E-state index in [9.17, 15) is 4.79 Å². The molecule has 0 spiro atoms. The fraction of sp³-hybridized carbons (Fsp3) is 0.611. The molecule has 1 aromatic carbocycles. The van der Waals surface area contributed by atoms with Crippen molar-refractivity contribution in [3.63, 3.8) is 0 Å². The van der Waals surface area contributed by atoms with Crippen LogP contribution in [0.15, 0.2) is 12.1 Å². The molecule has 7 heteroatoms. The zero-order valence-corrected chi connectivity index (χ0v) is 15.9. The Balaban J connectivity index is 1.84. The smallest absolute Gasteiger partial charge is 0.233 e. The molecule has 1 unspecified atom stereocenters. The van der Waals surface area contributed by atoms with E-state index in [4.69, 9.17) is 14.2 Å². The molecular formula is C18H26N2O4S. The minimum atomic E-state index is -0.0511. The van der Waals surface area contributed by atoms with Crippen molar-refractivity contribution in [2.24, 2.45) is 0 Å². The van der Waals surface area contributed by atoms with Gasteiger partial charge in [-0.1, -0.05) is 0 Å². The van der Waals surface area contributed by atoms with Gasteiger partial charge in [-0.05, 0) is 38.1 Å². The zero-order valence-electron chi connectivity index (χ0n) is 15.1. The molecular weight excluding hydrogens is 340 g/mol. The molecule has 2 aliphatic rings. The Kier molecular flexibility index (Phi) is 5.96. The first-order valence-corrected chi connectivity index (χ1v) is 9.66. The SMILES string of the molecule is COc1ccc(C2SCC(=O)N2CCN2CCCC2)c(OC)c1OC. The number of benzene rings is 1. The van der Waals surface area contributed by atoms with Crippen LogP contribution in [-0.4, -0.2) is 69.0 Å². The van der Waals surface area contributed by atoms with E-state index < -0.39 is 0 Å². The number of nitrogens with zero attached hydrogens (tertiary/aromatic N) is 2. The fourth-order valence-electron chi connectivity index (χ4n) is 3.53. The van der Waals surface area contributed by atoms with Crippen molar-refractivity contribution in [3.8, 4) is 17.2 Å². The Hall–Kier alpha value is -1.60. The van der Waals surface area contributed by atoms with Crippen LogP contribution in [-0.2, 0) is 4.79 Å². The Bertz CT molecular complexity index is 619. The highest BCUT2D eigenvalue weighted by Crippen LogP contribution is 2.48. The van der Waals surface area contributed by atoms with E-state index in [-0.39, 0.29) is 11.3 Å². The molecule has 0 saturated carbocycles. The third kappa shape index (κ3) is 3.67. The standard InChI is InChI=1S/C18H26N2O4S/c1-22-14-7-6-13(16(23-2)17(14)24-3)18-20(15(21)12-25-18)11-10-19-8-4-5-9-19/h6-7,18H,4-5,8-12H2,1-3H3. The van der Waals surface area contributed by atoms with Gasteiger partial charge in [-0.2, -0.15) is 0 Å². The number of thioether (sulfide) groups is 1. The summed E-state index contributed by atoms with van der Waals surface area (Å²) in [6.45, 7) is 3.95. The maximum atomic E-state index is 12.4. The second-order valence-corrected chi connectivity index (χ2v) is 7.29. The molecule has 0 N–H and O–H groups in total. The first kappa shape index (κ1) is 18.2. The largest absolute Gasteiger partial charge is 0.493 e. The van der Waals surface area contributed by atoms with E-state index >= 15 is 0 Å². The average molecular weight is 366 g/mol. The van der Waals surface area contributed by atoms with Crippen molar-refractivity contribution in [2.75, 3.05) is 53.3 Å². The molecule has 25 heavy (non-hydrogen) atoms. The molecule has 0 aliphatic carbocycles. The molecule has 138 valence electrons. The van der Waals surface area contributed by atoms with Crippen molar-refractivity contribution < 1.29 is 19.0 Å². The van der Waals surface area contributed by atoms with Crippen molar-refractivity contribution in [3.05, 3.63) is 17.7 Å². The summed E-state index contributed by atoms with van der Waals surface area (Å²) in [4.78, 5) is 16.8. The molecule has 6 nitrogen and oxygen atoms in total. The number of rotatable bonds is 7. The first-order chi connectivity index (χ1) is 12.2. The summed E-state index contributed by atoms with van der Waals surface area (Å²) in [5.41, 5.74) is 0.956. The first-order valence-electron chi connectivity index (χ1n) is 8.62. The number of amides is 1. The number of ether oxygens (including phenoxy) is 3. The lowest BCUT2D eigenvalue weighted by Gasteiger charge is -2.28. The molecule has 3 rings (SSSR count). The second-order valence-electron chi connectivity index (χ2n) is 6.22. The van der Waals surface area contributed by atoms with Crippen molar-refractivity contribution >= 4 is 17.7 Å². The summed E-state index contributed by atoms with van der Waals surface area (Å²) in [7, 11) is 4.83. The maximum absolute atomic E-state index is 12.4. The average Bonchev–Trinajstić information content (AvgIpc) is 3.28. The van der Waals surface area contributed by atoms with Gasteiger partial charge in [0.2, 0.25) is 11.7 Å². The van der Waals surface area contributed by atoms with E-state index in [1.165, 1.54) is 12.8 Å². The third-order valence-electron chi connectivity index (χ3n) is 4.82. The minimum Gasteiger partial charge on any atom is -0.493 e. The van der Waals surface area contributed by atoms with E-state index in [2.05, 4.69) is 4.90 Å². The lowest BCUT2D eigenvalue weighted by Crippen LogP contribution is -2.36. The topological polar surface area (TPSA) is 51.2 Å². The summed E-state index contributed by atoms with van der Waals surface area (Å²) in [5.74, 6) is 2.52. The van der Waals surface area contributed by atoms with Gasteiger partial charge in [0, 0.05) is 18.7 Å². The van der Waals surface area contributed by atoms with Gasteiger partial charge in [-0.15, -0.1) is 11.8 Å². The highest BCUT2D eigenvalue weighted by atomic mass is 32.2. The summed E-state index contributed by atoms with van der Waals surface area (Å²) in [5, 5.41) is -0.0511. The quantitative estimate of drug-likeness (QED) is 0.739. The van der Waals surface area contributed by atoms with Crippen LogP contribution in [0.2, 0.25) is 0 Å². The number of methoxy groups -OCH3 is 3. The molecule has 2 heterocycles. The second kappa shape index (κ2) is 8.19. The van der Waals surface area contributed by atoms with E-state index in [0.717, 1.165) is 31.7 Å². The van der Waals surface area contributed by atoms with Gasteiger partial charge in [-0.25, -0.2) is 0 Å². The summed E-state index contributed by atoms with van der Waals surface area (Å²) in [6, 6.07) is 3.85. The third-order valence-corrected chi connectivity index (χ3v) is 6.06. The van der Waals surface area contributed by atoms with Gasteiger partial charge < -0.3 is 24.0 Å². The van der Waals surface area contributed by atoms with Gasteiger partial charge in [0.05, 0.1) is 27.1 Å². The molecule has 1 atom stereocenters. The van der Waals surface area contributed by atoms with Crippen LogP contribution in [0.25, 0.3) is 0 Å². The summed E-state index contributed by atoms with van der Waals surface area (Å²) in [6.07, 6.45) is 2.52. The highest BCUT2D eigenvalue weighted by molar-refractivity contribution is 8.00. The van der Waals surface area contributed by atoms with Crippen molar-refractivity contribution in [1.82, 2.24) is 9.80 Å². The number of hydrogen-bond donors (Lipinski definition) is 0. The lowest BCUT2D eigenvalue weighted by molar-refractivity contribution is -0.128. The number of hydrogen-bond acceptors (Lipinski definition) is 6. The molecule has 0 bridgehead atoms. The fourth-order valence-corrected chi connectivity index (χ4v) is 4.76. The lowest BCUT2D eigenvalue weighted by atomic mass is 10.1. The minimum absolute atomic E-state index is 0.0511. The Morgan fingerprint density at radius 2 is 1.76 bits per heavy atom. The highest BCUT2D eigenvalue weighted by Gasteiger charge is 2.36. The zero-order chi connectivity index (χ0) is 17.8. The monoisotopic (exact) mass is 366 g/mol. The van der Waals surface area contributed by atoms with Crippen LogP contribution in [0.5, 0.6) is 17.2 Å². The molecule has 2 fully saturated rings. The number of carbonyl (C=O) groups excluding carboxylic acids is 1. The molecule has 0 radical (unpaired) electrons. The Morgan fingerprint density at radius 1 is 1.04 bits per heavy atom. The molecule has 1 amide bonds. The van der Waals surface area contributed by atoms with Crippen molar-refractivity contribution in [2.45, 2.75) is 18.2 Å². The van der Waals surface area contributed by atoms with Crippen LogP contribution >= 0.6 is 11.8 Å². The maximum Gasteiger partial charge on any atom is 0.233 e. The molecule has 2 saturated heterocycles. The van der Waals surface area contributed by atoms with Crippen LogP contribution in [0, 0.1) is 0 Å². The predicted octanol–water partition coefficient (Wildman–Crippen LogP) is 2.38. The van der Waals surface area contributed by atoms with Crippen LogP contribution in [0.3, 0.4) is 0 Å². The van der Waals surface area contributed by atoms with E-state index in [1.54, 1.807) is 33.1 Å². The Morgan fingerprint density at radius 3 is 2.40 bits per heavy atom. The van der Waals surface area contributed by atoms with Gasteiger partial charge in [0.25, 0.3) is 0 Å². The van der Waals surface area contributed by atoms with Gasteiger partial charge >= 0.3 is 0 Å². The summed E-state index contributed by atoms with van der Waals surface area (Å²) >= 11 is 1.64. The van der Waals surface area contributed by atoms with Crippen molar-refractivity contribution in [1.29, 1.82) is 0 Å².